The lowest BCUT2D eigenvalue weighted by Crippen LogP contribution is -2.41. The lowest BCUT2D eigenvalue weighted by Gasteiger charge is -2.25. The Morgan fingerprint density at radius 2 is 2.08 bits per heavy atom. The number of hydrogen-bond acceptors (Lipinski definition) is 7. The number of morpholine rings is 1. The van der Waals surface area contributed by atoms with Crippen molar-refractivity contribution in [3.05, 3.63) is 39.5 Å². The molecule has 3 heterocycles. The minimum Gasteiger partial charge on any atom is -0.378 e. The number of nitrogens with zero attached hydrogens (tertiary/aromatic N) is 2. The number of amides is 2. The van der Waals surface area contributed by atoms with Crippen LogP contribution in [0.15, 0.2) is 29.0 Å². The monoisotopic (exact) mass is 364 g/mol. The van der Waals surface area contributed by atoms with Gasteiger partial charge in [-0.25, -0.2) is 4.98 Å². The first-order valence-electron chi connectivity index (χ1n) is 7.32. The average Bonchev–Trinajstić information content (AvgIpc) is 3.30. The minimum atomic E-state index is -0.441. The Bertz CT molecular complexity index is 721. The fourth-order valence-corrected chi connectivity index (χ4v) is 3.51. The fraction of sp³-hybridized carbons (Fsp3) is 0.267. The Hall–Kier alpha value is -2.23. The number of anilines is 1. The van der Waals surface area contributed by atoms with Gasteiger partial charge in [0.25, 0.3) is 11.8 Å². The van der Waals surface area contributed by atoms with E-state index in [1.165, 1.54) is 28.7 Å². The molecule has 1 aliphatic heterocycles. The molecule has 1 fully saturated rings. The van der Waals surface area contributed by atoms with Gasteiger partial charge < -0.3 is 9.64 Å². The van der Waals surface area contributed by atoms with Crippen LogP contribution in [-0.4, -0.2) is 43.1 Å². The van der Waals surface area contributed by atoms with E-state index in [0.717, 1.165) is 23.1 Å². The predicted molar refractivity (Wildman–Crippen MR) is 94.1 cm³/mol. The van der Waals surface area contributed by atoms with E-state index in [2.05, 4.69) is 20.7 Å². The molecule has 0 radical (unpaired) electrons. The quantitative estimate of drug-likeness (QED) is 0.635. The van der Waals surface area contributed by atoms with E-state index >= 15 is 0 Å². The smallest absolute Gasteiger partial charge is 0.289 e. The highest BCUT2D eigenvalue weighted by atomic mass is 32.1. The van der Waals surface area contributed by atoms with Gasteiger partial charge in [-0.05, 0) is 17.5 Å². The molecule has 2 amide bonds. The largest absolute Gasteiger partial charge is 0.378 e. The summed E-state index contributed by atoms with van der Waals surface area (Å²) in [6.45, 7) is 2.85. The number of hydrogen-bond donors (Lipinski definition) is 2. The highest BCUT2D eigenvalue weighted by Gasteiger charge is 2.17. The van der Waals surface area contributed by atoms with Crippen LogP contribution in [0, 0.1) is 0 Å². The number of ether oxygens (including phenoxy) is 1. The number of rotatable bonds is 4. The highest BCUT2D eigenvalue weighted by molar-refractivity contribution is 7.14. The highest BCUT2D eigenvalue weighted by Crippen LogP contribution is 2.21. The zero-order valence-electron chi connectivity index (χ0n) is 12.7. The van der Waals surface area contributed by atoms with E-state index in [1.54, 1.807) is 11.5 Å². The maximum absolute atomic E-state index is 12.0. The number of hydrazine groups is 1. The van der Waals surface area contributed by atoms with Gasteiger partial charge in [0.2, 0.25) is 0 Å². The van der Waals surface area contributed by atoms with Gasteiger partial charge in [0.05, 0.1) is 13.2 Å². The Morgan fingerprint density at radius 1 is 1.25 bits per heavy atom. The van der Waals surface area contributed by atoms with Crippen LogP contribution in [0.2, 0.25) is 0 Å². The molecule has 0 unspecified atom stereocenters. The standard InChI is InChI=1S/C15H16N4O3S2/c20-13(4-3-11-2-1-9-23-11)17-18-14(21)12-10-24-15(16-12)19-5-7-22-8-6-19/h1-4,9-10H,5-8H2,(H,17,20)(H,18,21). The zero-order valence-corrected chi connectivity index (χ0v) is 14.4. The molecule has 0 bridgehead atoms. The Balaban J connectivity index is 1.49. The summed E-state index contributed by atoms with van der Waals surface area (Å²) in [6, 6.07) is 3.80. The van der Waals surface area contributed by atoms with E-state index in [4.69, 9.17) is 4.74 Å². The number of thiazole rings is 1. The van der Waals surface area contributed by atoms with Crippen molar-refractivity contribution in [2.75, 3.05) is 31.2 Å². The van der Waals surface area contributed by atoms with E-state index in [-0.39, 0.29) is 5.69 Å². The van der Waals surface area contributed by atoms with Gasteiger partial charge in [0.15, 0.2) is 5.13 Å². The van der Waals surface area contributed by atoms with Gasteiger partial charge in [-0.15, -0.1) is 22.7 Å². The lowest BCUT2D eigenvalue weighted by atomic mass is 10.4. The van der Waals surface area contributed by atoms with E-state index in [0.29, 0.717) is 13.2 Å². The first-order chi connectivity index (χ1) is 11.7. The van der Waals surface area contributed by atoms with Crippen molar-refractivity contribution < 1.29 is 14.3 Å². The predicted octanol–water partition coefficient (Wildman–Crippen LogP) is 1.52. The van der Waals surface area contributed by atoms with Crippen LogP contribution in [0.4, 0.5) is 5.13 Å². The molecule has 2 N–H and O–H groups in total. The minimum absolute atomic E-state index is 0.282. The van der Waals surface area contributed by atoms with Crippen molar-refractivity contribution in [2.24, 2.45) is 0 Å². The summed E-state index contributed by atoms with van der Waals surface area (Å²) in [5, 5.41) is 4.38. The summed E-state index contributed by atoms with van der Waals surface area (Å²) in [6.07, 6.45) is 3.05. The van der Waals surface area contributed by atoms with E-state index < -0.39 is 11.8 Å². The molecular weight excluding hydrogens is 348 g/mol. The SMILES string of the molecule is O=C(C=Cc1cccs1)NNC(=O)c1csc(N2CCOCC2)n1. The molecule has 0 spiro atoms. The second kappa shape index (κ2) is 8.04. The molecule has 24 heavy (non-hydrogen) atoms. The molecule has 126 valence electrons. The van der Waals surface area contributed by atoms with Crippen LogP contribution < -0.4 is 15.8 Å². The third kappa shape index (κ3) is 4.40. The summed E-state index contributed by atoms with van der Waals surface area (Å²) in [4.78, 5) is 31.1. The second-order valence-electron chi connectivity index (χ2n) is 4.91. The molecule has 0 saturated carbocycles. The number of aromatic nitrogens is 1. The maximum Gasteiger partial charge on any atom is 0.289 e. The van der Waals surface area contributed by atoms with Crippen LogP contribution in [0.3, 0.4) is 0 Å². The number of carbonyl (C=O) groups is 2. The molecule has 9 heteroatoms. The second-order valence-corrected chi connectivity index (χ2v) is 6.72. The van der Waals surface area contributed by atoms with Crippen LogP contribution in [0.25, 0.3) is 6.08 Å². The van der Waals surface area contributed by atoms with E-state index in [1.807, 2.05) is 17.5 Å². The van der Waals surface area contributed by atoms with Gasteiger partial charge in [-0.2, -0.15) is 0 Å². The zero-order chi connectivity index (χ0) is 16.8. The third-order valence-corrected chi connectivity index (χ3v) is 4.99. The Labute approximate surface area is 146 Å². The van der Waals surface area contributed by atoms with Gasteiger partial charge in [-0.1, -0.05) is 6.07 Å². The van der Waals surface area contributed by atoms with Crippen LogP contribution in [0.5, 0.6) is 0 Å². The molecular formula is C15H16N4O3S2. The van der Waals surface area contributed by atoms with Crippen molar-refractivity contribution in [2.45, 2.75) is 0 Å². The summed E-state index contributed by atoms with van der Waals surface area (Å²) in [5.74, 6) is -0.844. The summed E-state index contributed by atoms with van der Waals surface area (Å²) < 4.78 is 5.29. The molecule has 3 rings (SSSR count). The van der Waals surface area contributed by atoms with Crippen molar-refractivity contribution >= 4 is 45.7 Å². The number of carbonyl (C=O) groups excluding carboxylic acids is 2. The van der Waals surface area contributed by atoms with Crippen LogP contribution in [0.1, 0.15) is 15.4 Å². The maximum atomic E-state index is 12.0. The summed E-state index contributed by atoms with van der Waals surface area (Å²) in [7, 11) is 0. The van der Waals surface area contributed by atoms with Gasteiger partial charge in [0.1, 0.15) is 5.69 Å². The molecule has 0 aliphatic carbocycles. The van der Waals surface area contributed by atoms with E-state index in [9.17, 15) is 9.59 Å². The molecule has 2 aromatic rings. The summed E-state index contributed by atoms with van der Waals surface area (Å²) in [5.41, 5.74) is 4.98. The lowest BCUT2D eigenvalue weighted by molar-refractivity contribution is -0.117. The van der Waals surface area contributed by atoms with Crippen LogP contribution >= 0.6 is 22.7 Å². The molecule has 1 aliphatic rings. The number of nitrogens with one attached hydrogen (secondary N) is 2. The van der Waals surface area contributed by atoms with Crippen molar-refractivity contribution in [3.63, 3.8) is 0 Å². The topological polar surface area (TPSA) is 83.6 Å². The average molecular weight is 364 g/mol. The molecule has 1 saturated heterocycles. The Kier molecular flexibility index (Phi) is 5.57. The molecule has 2 aromatic heterocycles. The third-order valence-electron chi connectivity index (χ3n) is 3.25. The fourth-order valence-electron chi connectivity index (χ4n) is 2.04. The first-order valence-corrected chi connectivity index (χ1v) is 9.08. The molecule has 0 aromatic carbocycles. The molecule has 7 nitrogen and oxygen atoms in total. The summed E-state index contributed by atoms with van der Waals surface area (Å²) >= 11 is 2.93. The molecule has 0 atom stereocenters. The van der Waals surface area contributed by atoms with Gasteiger partial charge >= 0.3 is 0 Å². The Morgan fingerprint density at radius 3 is 2.83 bits per heavy atom. The van der Waals surface area contributed by atoms with Gasteiger partial charge in [0, 0.05) is 29.4 Å². The first kappa shape index (κ1) is 16.6. The van der Waals surface area contributed by atoms with Crippen molar-refractivity contribution in [3.8, 4) is 0 Å². The van der Waals surface area contributed by atoms with Crippen molar-refractivity contribution in [1.29, 1.82) is 0 Å². The number of thiophene rings is 1. The normalized spacial score (nSPS) is 14.8. The van der Waals surface area contributed by atoms with Gasteiger partial charge in [-0.3, -0.25) is 20.4 Å². The van der Waals surface area contributed by atoms with Crippen molar-refractivity contribution in [1.82, 2.24) is 15.8 Å². The van der Waals surface area contributed by atoms with Crippen LogP contribution in [-0.2, 0) is 9.53 Å².